The van der Waals surface area contributed by atoms with Crippen molar-refractivity contribution in [2.75, 3.05) is 0 Å². The Labute approximate surface area is 73.1 Å². The molecule has 2 N–H and O–H groups in total. The van der Waals surface area contributed by atoms with Gasteiger partial charge >= 0.3 is 0 Å². The molecule has 1 atom stereocenters. The van der Waals surface area contributed by atoms with Gasteiger partial charge in [0.15, 0.2) is 0 Å². The maximum atomic E-state index is 5.73. The topological polar surface area (TPSA) is 38.9 Å². The minimum Gasteiger partial charge on any atom is -0.323 e. The fraction of sp³-hybridized carbons (Fsp3) is 0.300. The summed E-state index contributed by atoms with van der Waals surface area (Å²) in [6.07, 6.45) is 3.62. The Morgan fingerprint density at radius 1 is 1.67 bits per heavy atom. The molecule has 0 amide bonds. The highest BCUT2D eigenvalue weighted by Crippen LogP contribution is 2.15. The van der Waals surface area contributed by atoms with Crippen molar-refractivity contribution in [3.63, 3.8) is 0 Å². The Morgan fingerprint density at radius 2 is 2.33 bits per heavy atom. The molecule has 2 nitrogen and oxygen atoms in total. The summed E-state index contributed by atoms with van der Waals surface area (Å²) in [7, 11) is 0. The van der Waals surface area contributed by atoms with Gasteiger partial charge in [-0.15, -0.1) is 0 Å². The van der Waals surface area contributed by atoms with E-state index in [0.29, 0.717) is 0 Å². The lowest BCUT2D eigenvalue weighted by molar-refractivity contribution is 0.777. The van der Waals surface area contributed by atoms with Crippen LogP contribution in [-0.2, 0) is 0 Å². The van der Waals surface area contributed by atoms with Crippen LogP contribution in [0.25, 0.3) is 6.08 Å². The molecule has 0 fully saturated rings. The third-order valence-electron chi connectivity index (χ3n) is 1.74. The van der Waals surface area contributed by atoms with Gasteiger partial charge in [0, 0.05) is 12.2 Å². The fourth-order valence-electron chi connectivity index (χ4n) is 1.15. The molecule has 0 aliphatic carbocycles. The van der Waals surface area contributed by atoms with Crippen LogP contribution in [0.3, 0.4) is 0 Å². The number of nitrogens with zero attached hydrogens (tertiary/aromatic N) is 1. The van der Waals surface area contributed by atoms with E-state index in [1.165, 1.54) is 0 Å². The zero-order valence-corrected chi connectivity index (χ0v) is 7.54. The molecule has 0 saturated heterocycles. The third kappa shape index (κ3) is 1.71. The minimum atomic E-state index is -0.0291. The number of nitrogens with two attached hydrogens (primary N) is 1. The van der Waals surface area contributed by atoms with E-state index in [4.69, 9.17) is 5.73 Å². The van der Waals surface area contributed by atoms with Crippen molar-refractivity contribution in [3.05, 3.63) is 35.7 Å². The number of pyridine rings is 1. The first-order chi connectivity index (χ1) is 5.65. The van der Waals surface area contributed by atoms with E-state index in [-0.39, 0.29) is 6.04 Å². The largest absolute Gasteiger partial charge is 0.323 e. The first-order valence-electron chi connectivity index (χ1n) is 3.99. The van der Waals surface area contributed by atoms with E-state index in [9.17, 15) is 0 Å². The number of hydrogen-bond donors (Lipinski definition) is 1. The lowest BCUT2D eigenvalue weighted by Gasteiger charge is -2.08. The summed E-state index contributed by atoms with van der Waals surface area (Å²) < 4.78 is 0. The maximum absolute atomic E-state index is 5.73. The molecule has 0 aliphatic rings. The summed E-state index contributed by atoms with van der Waals surface area (Å²) in [5, 5.41) is 0. The van der Waals surface area contributed by atoms with Crippen LogP contribution in [0.15, 0.2) is 18.8 Å². The van der Waals surface area contributed by atoms with Crippen LogP contribution in [0.4, 0.5) is 0 Å². The highest BCUT2D eigenvalue weighted by atomic mass is 14.8. The van der Waals surface area contributed by atoms with Gasteiger partial charge in [0.2, 0.25) is 0 Å². The molecule has 0 aromatic carbocycles. The van der Waals surface area contributed by atoms with Crippen molar-refractivity contribution < 1.29 is 0 Å². The summed E-state index contributed by atoms with van der Waals surface area (Å²) in [6, 6.07) is 2.01. The number of hydrogen-bond acceptors (Lipinski definition) is 2. The summed E-state index contributed by atoms with van der Waals surface area (Å²) in [5.41, 5.74) is 8.81. The van der Waals surface area contributed by atoms with Crippen LogP contribution in [0.2, 0.25) is 0 Å². The van der Waals surface area contributed by atoms with E-state index >= 15 is 0 Å². The standard InChI is InChI=1S/C10H14N2/c1-4-9-5-7(2)6-12-10(9)8(3)11/h4-6,8H,1,11H2,2-3H3. The van der Waals surface area contributed by atoms with Gasteiger partial charge < -0.3 is 5.73 Å². The fourth-order valence-corrected chi connectivity index (χ4v) is 1.15. The Balaban J connectivity index is 3.20. The maximum Gasteiger partial charge on any atom is 0.0640 e. The second-order valence-corrected chi connectivity index (χ2v) is 2.98. The lowest BCUT2D eigenvalue weighted by atomic mass is 10.1. The lowest BCUT2D eigenvalue weighted by Crippen LogP contribution is -2.09. The quantitative estimate of drug-likeness (QED) is 0.722. The third-order valence-corrected chi connectivity index (χ3v) is 1.74. The van der Waals surface area contributed by atoms with Gasteiger partial charge in [0.1, 0.15) is 0 Å². The number of rotatable bonds is 2. The first-order valence-corrected chi connectivity index (χ1v) is 3.99. The molecule has 0 aliphatic heterocycles. The molecular weight excluding hydrogens is 148 g/mol. The molecule has 2 heteroatoms. The zero-order valence-electron chi connectivity index (χ0n) is 7.54. The Kier molecular flexibility index (Phi) is 2.61. The molecule has 1 unspecified atom stereocenters. The predicted molar refractivity (Wildman–Crippen MR) is 51.7 cm³/mol. The van der Waals surface area contributed by atoms with Crippen molar-refractivity contribution in [2.45, 2.75) is 19.9 Å². The highest BCUT2D eigenvalue weighted by Gasteiger charge is 2.05. The summed E-state index contributed by atoms with van der Waals surface area (Å²) in [6.45, 7) is 7.65. The smallest absolute Gasteiger partial charge is 0.0640 e. The highest BCUT2D eigenvalue weighted by molar-refractivity contribution is 5.51. The van der Waals surface area contributed by atoms with Gasteiger partial charge in [0.05, 0.1) is 5.69 Å². The van der Waals surface area contributed by atoms with E-state index in [2.05, 4.69) is 11.6 Å². The summed E-state index contributed by atoms with van der Waals surface area (Å²) >= 11 is 0. The van der Waals surface area contributed by atoms with Crippen molar-refractivity contribution >= 4 is 6.08 Å². The molecular formula is C10H14N2. The normalized spacial score (nSPS) is 12.6. The minimum absolute atomic E-state index is 0.0291. The van der Waals surface area contributed by atoms with Crippen LogP contribution >= 0.6 is 0 Å². The van der Waals surface area contributed by atoms with E-state index in [1.807, 2.05) is 26.1 Å². The van der Waals surface area contributed by atoms with Crippen LogP contribution in [0.1, 0.15) is 29.8 Å². The van der Waals surface area contributed by atoms with E-state index in [1.54, 1.807) is 6.08 Å². The van der Waals surface area contributed by atoms with Crippen molar-refractivity contribution in [1.29, 1.82) is 0 Å². The van der Waals surface area contributed by atoms with Crippen LogP contribution < -0.4 is 5.73 Å². The van der Waals surface area contributed by atoms with Gasteiger partial charge in [0.25, 0.3) is 0 Å². The van der Waals surface area contributed by atoms with Gasteiger partial charge in [-0.25, -0.2) is 0 Å². The average Bonchev–Trinajstić information content (AvgIpc) is 2.03. The monoisotopic (exact) mass is 162 g/mol. The molecule has 0 bridgehead atoms. The second kappa shape index (κ2) is 3.50. The molecule has 12 heavy (non-hydrogen) atoms. The SMILES string of the molecule is C=Cc1cc(C)cnc1C(C)N. The number of aromatic nitrogens is 1. The van der Waals surface area contributed by atoms with Crippen LogP contribution in [0, 0.1) is 6.92 Å². The molecule has 1 aromatic rings. The zero-order chi connectivity index (χ0) is 9.14. The molecule has 0 spiro atoms. The van der Waals surface area contributed by atoms with Gasteiger partial charge in [-0.2, -0.15) is 0 Å². The van der Waals surface area contributed by atoms with Crippen molar-refractivity contribution in [1.82, 2.24) is 4.98 Å². The van der Waals surface area contributed by atoms with Crippen molar-refractivity contribution in [3.8, 4) is 0 Å². The Bertz CT molecular complexity index is 290. The Hall–Kier alpha value is -1.15. The molecule has 1 aromatic heterocycles. The second-order valence-electron chi connectivity index (χ2n) is 2.98. The predicted octanol–water partition coefficient (Wildman–Crippen LogP) is 2.05. The number of aryl methyl sites for hydroxylation is 1. The Morgan fingerprint density at radius 3 is 2.83 bits per heavy atom. The van der Waals surface area contributed by atoms with Gasteiger partial charge in [-0.05, 0) is 31.0 Å². The molecule has 0 saturated carbocycles. The average molecular weight is 162 g/mol. The van der Waals surface area contributed by atoms with E-state index in [0.717, 1.165) is 16.8 Å². The molecule has 64 valence electrons. The van der Waals surface area contributed by atoms with E-state index < -0.39 is 0 Å². The van der Waals surface area contributed by atoms with Crippen LogP contribution in [-0.4, -0.2) is 4.98 Å². The molecule has 0 radical (unpaired) electrons. The molecule has 1 heterocycles. The summed E-state index contributed by atoms with van der Waals surface area (Å²) in [4.78, 5) is 4.25. The van der Waals surface area contributed by atoms with Crippen LogP contribution in [0.5, 0.6) is 0 Å². The summed E-state index contributed by atoms with van der Waals surface area (Å²) in [5.74, 6) is 0. The molecule has 1 rings (SSSR count). The van der Waals surface area contributed by atoms with Gasteiger partial charge in [-0.3, -0.25) is 4.98 Å². The first kappa shape index (κ1) is 8.94. The van der Waals surface area contributed by atoms with Gasteiger partial charge in [-0.1, -0.05) is 12.7 Å². The van der Waals surface area contributed by atoms with Crippen molar-refractivity contribution in [2.24, 2.45) is 5.73 Å².